The number of H-pyrrole nitrogens is 1. The average Bonchev–Trinajstić information content (AvgIpc) is 2.81. The van der Waals surface area contributed by atoms with Gasteiger partial charge in [0.25, 0.3) is 5.56 Å². The van der Waals surface area contributed by atoms with E-state index in [4.69, 9.17) is 5.11 Å². The molecular formula is C17H22N2O3S. The molecule has 0 fully saturated rings. The van der Waals surface area contributed by atoms with Gasteiger partial charge in [0.2, 0.25) is 0 Å². The predicted octanol–water partition coefficient (Wildman–Crippen LogP) is 3.15. The molecule has 0 aromatic carbocycles. The Hall–Kier alpha value is -1.69. The molecule has 6 heteroatoms. The van der Waals surface area contributed by atoms with Crippen LogP contribution in [0.25, 0.3) is 10.2 Å². The van der Waals surface area contributed by atoms with E-state index in [0.29, 0.717) is 11.7 Å². The van der Waals surface area contributed by atoms with Crippen molar-refractivity contribution in [3.8, 4) is 0 Å². The van der Waals surface area contributed by atoms with E-state index in [1.807, 2.05) is 0 Å². The van der Waals surface area contributed by atoms with Gasteiger partial charge in [0.15, 0.2) is 0 Å². The van der Waals surface area contributed by atoms with E-state index in [2.05, 4.69) is 30.7 Å². The molecule has 2 aromatic heterocycles. The molecule has 0 saturated carbocycles. The fourth-order valence-corrected chi connectivity index (χ4v) is 4.63. The number of nitrogens with zero attached hydrogens (tertiary/aromatic N) is 1. The number of aryl methyl sites for hydroxylation is 2. The zero-order valence-electron chi connectivity index (χ0n) is 13.7. The number of aromatic nitrogens is 2. The van der Waals surface area contributed by atoms with Crippen LogP contribution in [-0.2, 0) is 24.1 Å². The minimum absolute atomic E-state index is 0.0222. The summed E-state index contributed by atoms with van der Waals surface area (Å²) < 4.78 is 0. The number of rotatable bonds is 3. The van der Waals surface area contributed by atoms with E-state index in [-0.39, 0.29) is 23.8 Å². The molecule has 0 radical (unpaired) electrons. The lowest BCUT2D eigenvalue weighted by atomic mass is 9.72. The number of carbonyl (C=O) groups is 1. The standard InChI is InChI=1S/C17H22N2O3S/c1-17(2,3)9-4-5-10-11(8-9)23-16-14(10)15(22)18-12(19-16)6-7-13(20)21/h9H,4-8H2,1-3H3,(H,20,21)(H,18,19,22). The van der Waals surface area contributed by atoms with Crippen LogP contribution in [0.5, 0.6) is 0 Å². The topological polar surface area (TPSA) is 83.0 Å². The van der Waals surface area contributed by atoms with Crippen LogP contribution in [-0.4, -0.2) is 21.0 Å². The Morgan fingerprint density at radius 3 is 2.83 bits per heavy atom. The molecule has 0 amide bonds. The quantitative estimate of drug-likeness (QED) is 0.903. The van der Waals surface area contributed by atoms with Gasteiger partial charge in [0.1, 0.15) is 10.7 Å². The van der Waals surface area contributed by atoms with Crippen LogP contribution in [0, 0.1) is 11.3 Å². The Balaban J connectivity index is 1.98. The molecule has 2 heterocycles. The fraction of sp³-hybridized carbons (Fsp3) is 0.588. The Labute approximate surface area is 138 Å². The third-order valence-electron chi connectivity index (χ3n) is 4.77. The normalized spacial score (nSPS) is 18.1. The highest BCUT2D eigenvalue weighted by molar-refractivity contribution is 7.18. The summed E-state index contributed by atoms with van der Waals surface area (Å²) in [6.45, 7) is 6.81. The van der Waals surface area contributed by atoms with Crippen LogP contribution >= 0.6 is 11.3 Å². The van der Waals surface area contributed by atoms with Gasteiger partial charge in [0, 0.05) is 11.3 Å². The molecule has 3 rings (SSSR count). The van der Waals surface area contributed by atoms with Crippen LogP contribution in [0.15, 0.2) is 4.79 Å². The summed E-state index contributed by atoms with van der Waals surface area (Å²) in [5, 5.41) is 9.50. The maximum Gasteiger partial charge on any atom is 0.303 e. The third-order valence-corrected chi connectivity index (χ3v) is 5.92. The fourth-order valence-electron chi connectivity index (χ4n) is 3.31. The number of nitrogens with one attached hydrogen (secondary N) is 1. The first-order valence-electron chi connectivity index (χ1n) is 8.01. The lowest BCUT2D eigenvalue weighted by Crippen LogP contribution is -2.26. The van der Waals surface area contributed by atoms with Crippen molar-refractivity contribution in [2.75, 3.05) is 0 Å². The summed E-state index contributed by atoms with van der Waals surface area (Å²) in [6, 6.07) is 0. The van der Waals surface area contributed by atoms with Crippen LogP contribution in [0.3, 0.4) is 0 Å². The van der Waals surface area contributed by atoms with Crippen molar-refractivity contribution in [2.45, 2.75) is 52.9 Å². The molecule has 23 heavy (non-hydrogen) atoms. The second kappa shape index (κ2) is 5.74. The lowest BCUT2D eigenvalue weighted by molar-refractivity contribution is -0.137. The lowest BCUT2D eigenvalue weighted by Gasteiger charge is -2.33. The number of fused-ring (bicyclic) bond motifs is 3. The van der Waals surface area contributed by atoms with Crippen LogP contribution in [0.4, 0.5) is 0 Å². The van der Waals surface area contributed by atoms with Crippen LogP contribution in [0.2, 0.25) is 0 Å². The molecule has 1 aliphatic rings. The number of hydrogen-bond acceptors (Lipinski definition) is 4. The zero-order chi connectivity index (χ0) is 16.8. The van der Waals surface area contributed by atoms with E-state index in [0.717, 1.165) is 35.0 Å². The maximum absolute atomic E-state index is 12.4. The Bertz CT molecular complexity index is 814. The van der Waals surface area contributed by atoms with Crippen molar-refractivity contribution < 1.29 is 9.90 Å². The first-order chi connectivity index (χ1) is 10.8. The van der Waals surface area contributed by atoms with Crippen molar-refractivity contribution >= 4 is 27.5 Å². The summed E-state index contributed by atoms with van der Waals surface area (Å²) in [6.07, 6.45) is 3.27. The Kier molecular flexibility index (Phi) is 4.04. The minimum Gasteiger partial charge on any atom is -0.481 e. The smallest absolute Gasteiger partial charge is 0.303 e. The molecule has 2 N–H and O–H groups in total. The molecule has 1 atom stereocenters. The van der Waals surface area contributed by atoms with E-state index < -0.39 is 5.97 Å². The molecule has 1 aliphatic carbocycles. The van der Waals surface area contributed by atoms with E-state index >= 15 is 0 Å². The van der Waals surface area contributed by atoms with Gasteiger partial charge in [-0.05, 0) is 36.2 Å². The van der Waals surface area contributed by atoms with E-state index in [1.165, 1.54) is 4.88 Å². The Morgan fingerprint density at radius 2 is 2.17 bits per heavy atom. The summed E-state index contributed by atoms with van der Waals surface area (Å²) >= 11 is 1.60. The minimum atomic E-state index is -0.883. The summed E-state index contributed by atoms with van der Waals surface area (Å²) in [4.78, 5) is 32.4. The van der Waals surface area contributed by atoms with Crippen LogP contribution < -0.4 is 5.56 Å². The third kappa shape index (κ3) is 3.17. The molecule has 124 valence electrons. The van der Waals surface area contributed by atoms with Gasteiger partial charge in [-0.1, -0.05) is 20.8 Å². The van der Waals surface area contributed by atoms with Crippen molar-refractivity contribution in [2.24, 2.45) is 11.3 Å². The summed E-state index contributed by atoms with van der Waals surface area (Å²) in [5.74, 6) is 0.204. The van der Waals surface area contributed by atoms with Gasteiger partial charge in [-0.15, -0.1) is 11.3 Å². The van der Waals surface area contributed by atoms with Gasteiger partial charge in [0.05, 0.1) is 11.8 Å². The predicted molar refractivity (Wildman–Crippen MR) is 91.2 cm³/mol. The average molecular weight is 334 g/mol. The van der Waals surface area contributed by atoms with E-state index in [9.17, 15) is 9.59 Å². The van der Waals surface area contributed by atoms with Crippen molar-refractivity contribution in [1.82, 2.24) is 9.97 Å². The molecule has 5 nitrogen and oxygen atoms in total. The van der Waals surface area contributed by atoms with Gasteiger partial charge < -0.3 is 10.1 Å². The SMILES string of the molecule is CC(C)(C)C1CCc2c(sc3nc(CCC(=O)O)[nH]c(=O)c23)C1. The number of aliphatic carboxylic acids is 1. The van der Waals surface area contributed by atoms with Gasteiger partial charge in [-0.2, -0.15) is 0 Å². The van der Waals surface area contributed by atoms with Gasteiger partial charge >= 0.3 is 5.97 Å². The first kappa shape index (κ1) is 16.2. The molecule has 0 aliphatic heterocycles. The zero-order valence-corrected chi connectivity index (χ0v) is 14.5. The monoisotopic (exact) mass is 334 g/mol. The summed E-state index contributed by atoms with van der Waals surface area (Å²) in [7, 11) is 0. The second-order valence-electron chi connectivity index (χ2n) is 7.40. The van der Waals surface area contributed by atoms with Crippen LogP contribution in [0.1, 0.15) is 49.9 Å². The highest BCUT2D eigenvalue weighted by Crippen LogP contribution is 2.41. The molecule has 0 spiro atoms. The van der Waals surface area contributed by atoms with Crippen molar-refractivity contribution in [3.63, 3.8) is 0 Å². The number of carboxylic acid groups (broad SMARTS) is 1. The number of aromatic amines is 1. The number of hydrogen-bond donors (Lipinski definition) is 2. The van der Waals surface area contributed by atoms with Gasteiger partial charge in [-0.3, -0.25) is 9.59 Å². The van der Waals surface area contributed by atoms with Crippen molar-refractivity contribution in [3.05, 3.63) is 26.6 Å². The molecule has 2 aromatic rings. The highest BCUT2D eigenvalue weighted by Gasteiger charge is 2.31. The highest BCUT2D eigenvalue weighted by atomic mass is 32.1. The molecule has 0 bridgehead atoms. The maximum atomic E-state index is 12.4. The first-order valence-corrected chi connectivity index (χ1v) is 8.82. The molecule has 0 saturated heterocycles. The summed E-state index contributed by atoms with van der Waals surface area (Å²) in [5.41, 5.74) is 1.30. The number of thiophene rings is 1. The van der Waals surface area contributed by atoms with Gasteiger partial charge in [-0.25, -0.2) is 4.98 Å². The Morgan fingerprint density at radius 1 is 1.43 bits per heavy atom. The van der Waals surface area contributed by atoms with E-state index in [1.54, 1.807) is 11.3 Å². The number of carboxylic acids is 1. The molecular weight excluding hydrogens is 312 g/mol. The second-order valence-corrected chi connectivity index (χ2v) is 8.48. The molecule has 1 unspecified atom stereocenters. The van der Waals surface area contributed by atoms with Crippen molar-refractivity contribution in [1.29, 1.82) is 0 Å². The largest absolute Gasteiger partial charge is 0.481 e.